The largest absolute Gasteiger partial charge is 0.469 e. The molecule has 2 heterocycles. The third-order valence-corrected chi connectivity index (χ3v) is 2.25. The summed E-state index contributed by atoms with van der Waals surface area (Å²) in [5.41, 5.74) is 5.60. The Kier molecular flexibility index (Phi) is 3.10. The van der Waals surface area contributed by atoms with Gasteiger partial charge in [0.2, 0.25) is 0 Å². The van der Waals surface area contributed by atoms with E-state index in [1.807, 2.05) is 24.3 Å². The van der Waals surface area contributed by atoms with E-state index in [0.717, 1.165) is 18.0 Å². The highest BCUT2D eigenvalue weighted by molar-refractivity contribution is 5.42. The maximum Gasteiger partial charge on any atom is 0.128 e. The third-order valence-electron chi connectivity index (χ3n) is 2.25. The van der Waals surface area contributed by atoms with Crippen LogP contribution in [0.5, 0.6) is 0 Å². The minimum absolute atomic E-state index is 0.250. The predicted octanol–water partition coefficient (Wildman–Crippen LogP) is 2.30. The fourth-order valence-corrected chi connectivity index (χ4v) is 1.57. The molecule has 2 rings (SSSR count). The summed E-state index contributed by atoms with van der Waals surface area (Å²) < 4.78 is 5.28. The summed E-state index contributed by atoms with van der Waals surface area (Å²) in [4.78, 5) is 4.18. The van der Waals surface area contributed by atoms with Crippen LogP contribution >= 0.6 is 0 Å². The van der Waals surface area contributed by atoms with E-state index >= 15 is 0 Å². The number of nitrogens with zero attached hydrogens (tertiary/aromatic N) is 1. The van der Waals surface area contributed by atoms with Gasteiger partial charge in [-0.25, -0.2) is 4.98 Å². The summed E-state index contributed by atoms with van der Waals surface area (Å²) in [6.45, 7) is 2.08. The minimum atomic E-state index is 0.250. The van der Waals surface area contributed by atoms with Crippen molar-refractivity contribution in [2.75, 3.05) is 11.1 Å². The normalized spacial score (nSPS) is 12.3. The van der Waals surface area contributed by atoms with Crippen molar-refractivity contribution in [2.45, 2.75) is 19.4 Å². The van der Waals surface area contributed by atoms with Crippen LogP contribution in [0.15, 0.2) is 41.0 Å². The Morgan fingerprint density at radius 2 is 2.25 bits per heavy atom. The average molecular weight is 217 g/mol. The van der Waals surface area contributed by atoms with Gasteiger partial charge in [0.1, 0.15) is 17.4 Å². The predicted molar refractivity (Wildman–Crippen MR) is 64.1 cm³/mol. The van der Waals surface area contributed by atoms with Crippen LogP contribution < -0.4 is 11.1 Å². The number of nitrogens with one attached hydrogen (secondary N) is 1. The van der Waals surface area contributed by atoms with Crippen molar-refractivity contribution in [3.63, 3.8) is 0 Å². The quantitative estimate of drug-likeness (QED) is 0.824. The van der Waals surface area contributed by atoms with Gasteiger partial charge in [-0.05, 0) is 31.2 Å². The Labute approximate surface area is 94.5 Å². The van der Waals surface area contributed by atoms with Gasteiger partial charge in [-0.15, -0.1) is 0 Å². The molecule has 4 nitrogen and oxygen atoms in total. The monoisotopic (exact) mass is 217 g/mol. The Balaban J connectivity index is 1.94. The molecule has 0 bridgehead atoms. The summed E-state index contributed by atoms with van der Waals surface area (Å²) in [6.07, 6.45) is 2.50. The average Bonchev–Trinajstić information content (AvgIpc) is 2.70. The number of hydrogen-bond donors (Lipinski definition) is 2. The van der Waals surface area contributed by atoms with E-state index in [1.165, 1.54) is 0 Å². The van der Waals surface area contributed by atoms with Gasteiger partial charge in [0.15, 0.2) is 0 Å². The summed E-state index contributed by atoms with van der Waals surface area (Å²) in [6, 6.07) is 9.65. The molecule has 0 aliphatic rings. The first-order valence-corrected chi connectivity index (χ1v) is 5.25. The molecule has 3 N–H and O–H groups in total. The Morgan fingerprint density at radius 3 is 2.94 bits per heavy atom. The molecule has 0 saturated heterocycles. The number of rotatable bonds is 4. The molecule has 1 unspecified atom stereocenters. The lowest BCUT2D eigenvalue weighted by atomic mass is 10.2. The summed E-state index contributed by atoms with van der Waals surface area (Å²) in [7, 11) is 0. The second-order valence-corrected chi connectivity index (χ2v) is 3.78. The summed E-state index contributed by atoms with van der Waals surface area (Å²) in [5.74, 6) is 2.28. The van der Waals surface area contributed by atoms with Gasteiger partial charge in [-0.1, -0.05) is 6.07 Å². The van der Waals surface area contributed by atoms with Gasteiger partial charge in [0, 0.05) is 12.5 Å². The lowest BCUT2D eigenvalue weighted by molar-refractivity contribution is 0.497. The zero-order chi connectivity index (χ0) is 11.4. The van der Waals surface area contributed by atoms with E-state index < -0.39 is 0 Å². The number of anilines is 2. The number of nitrogen functional groups attached to an aromatic ring is 1. The first-order chi connectivity index (χ1) is 7.74. The van der Waals surface area contributed by atoms with Crippen LogP contribution in [0.3, 0.4) is 0 Å². The maximum absolute atomic E-state index is 5.60. The van der Waals surface area contributed by atoms with E-state index in [2.05, 4.69) is 17.2 Å². The first-order valence-electron chi connectivity index (χ1n) is 5.25. The van der Waals surface area contributed by atoms with Crippen LogP contribution in [0.2, 0.25) is 0 Å². The Bertz CT molecular complexity index is 439. The van der Waals surface area contributed by atoms with Gasteiger partial charge < -0.3 is 15.5 Å². The molecule has 84 valence electrons. The molecule has 0 aliphatic carbocycles. The molecule has 0 fully saturated rings. The van der Waals surface area contributed by atoms with Crippen molar-refractivity contribution in [1.29, 1.82) is 0 Å². The van der Waals surface area contributed by atoms with E-state index in [-0.39, 0.29) is 6.04 Å². The molecule has 0 spiro atoms. The highest BCUT2D eigenvalue weighted by atomic mass is 16.3. The molecule has 0 radical (unpaired) electrons. The van der Waals surface area contributed by atoms with Gasteiger partial charge in [-0.2, -0.15) is 0 Å². The lowest BCUT2D eigenvalue weighted by Crippen LogP contribution is -2.18. The summed E-state index contributed by atoms with van der Waals surface area (Å²) >= 11 is 0. The number of aromatic nitrogens is 1. The lowest BCUT2D eigenvalue weighted by Gasteiger charge is -2.13. The van der Waals surface area contributed by atoms with E-state index in [4.69, 9.17) is 10.2 Å². The van der Waals surface area contributed by atoms with E-state index in [0.29, 0.717) is 5.82 Å². The van der Waals surface area contributed by atoms with Crippen LogP contribution in [0, 0.1) is 0 Å². The number of pyridine rings is 1. The van der Waals surface area contributed by atoms with Crippen LogP contribution in [0.1, 0.15) is 12.7 Å². The molecule has 4 heteroatoms. The second-order valence-electron chi connectivity index (χ2n) is 3.78. The topological polar surface area (TPSA) is 64.1 Å². The third kappa shape index (κ3) is 2.76. The fraction of sp³-hybridized carbons (Fsp3) is 0.250. The zero-order valence-corrected chi connectivity index (χ0v) is 9.18. The van der Waals surface area contributed by atoms with E-state index in [1.54, 1.807) is 12.3 Å². The number of furan rings is 1. The Hall–Kier alpha value is -1.97. The van der Waals surface area contributed by atoms with Gasteiger partial charge in [0.05, 0.1) is 6.26 Å². The van der Waals surface area contributed by atoms with Gasteiger partial charge in [0.25, 0.3) is 0 Å². The molecule has 0 saturated carbocycles. The standard InChI is InChI=1S/C12H15N3O/c1-9(8-10-4-3-7-16-10)14-12-6-2-5-11(13)15-12/h2-7,9H,8H2,1H3,(H3,13,14,15). The first kappa shape index (κ1) is 10.5. The minimum Gasteiger partial charge on any atom is -0.469 e. The van der Waals surface area contributed by atoms with Crippen LogP contribution in [0.4, 0.5) is 11.6 Å². The van der Waals surface area contributed by atoms with Crippen molar-refractivity contribution in [2.24, 2.45) is 0 Å². The molecular formula is C12H15N3O. The highest BCUT2D eigenvalue weighted by Gasteiger charge is 2.06. The van der Waals surface area contributed by atoms with Crippen molar-refractivity contribution in [3.05, 3.63) is 42.4 Å². The second kappa shape index (κ2) is 4.70. The SMILES string of the molecule is CC(Cc1ccco1)Nc1cccc(N)n1. The highest BCUT2D eigenvalue weighted by Crippen LogP contribution is 2.10. The van der Waals surface area contributed by atoms with E-state index in [9.17, 15) is 0 Å². The Morgan fingerprint density at radius 1 is 1.38 bits per heavy atom. The van der Waals surface area contributed by atoms with Gasteiger partial charge >= 0.3 is 0 Å². The van der Waals surface area contributed by atoms with Gasteiger partial charge in [-0.3, -0.25) is 0 Å². The molecule has 0 aliphatic heterocycles. The molecule has 0 aromatic carbocycles. The van der Waals surface area contributed by atoms with Crippen molar-refractivity contribution in [3.8, 4) is 0 Å². The van der Waals surface area contributed by atoms with Crippen LogP contribution in [0.25, 0.3) is 0 Å². The van der Waals surface area contributed by atoms with Crippen molar-refractivity contribution < 1.29 is 4.42 Å². The van der Waals surface area contributed by atoms with Crippen molar-refractivity contribution >= 4 is 11.6 Å². The van der Waals surface area contributed by atoms with Crippen molar-refractivity contribution in [1.82, 2.24) is 4.98 Å². The van der Waals surface area contributed by atoms with Crippen LogP contribution in [-0.2, 0) is 6.42 Å². The molecular weight excluding hydrogens is 202 g/mol. The smallest absolute Gasteiger partial charge is 0.128 e. The number of nitrogens with two attached hydrogens (primary N) is 1. The molecule has 1 atom stereocenters. The molecule has 2 aromatic heterocycles. The molecule has 2 aromatic rings. The fourth-order valence-electron chi connectivity index (χ4n) is 1.57. The molecule has 16 heavy (non-hydrogen) atoms. The number of hydrogen-bond acceptors (Lipinski definition) is 4. The summed E-state index contributed by atoms with van der Waals surface area (Å²) in [5, 5.41) is 3.27. The maximum atomic E-state index is 5.60. The molecule has 0 amide bonds. The van der Waals surface area contributed by atoms with Crippen LogP contribution in [-0.4, -0.2) is 11.0 Å². The zero-order valence-electron chi connectivity index (χ0n) is 9.18.